The third-order valence-corrected chi connectivity index (χ3v) is 8.36. The maximum Gasteiger partial charge on any atom is 0.243 e. The summed E-state index contributed by atoms with van der Waals surface area (Å²) in [7, 11) is -2.10. The fourth-order valence-electron chi connectivity index (χ4n) is 2.91. The van der Waals surface area contributed by atoms with E-state index in [1.54, 1.807) is 6.07 Å². The molecule has 1 fully saturated rings. The average Bonchev–Trinajstić information content (AvgIpc) is 3.12. The molecule has 2 aromatic rings. The van der Waals surface area contributed by atoms with E-state index in [4.69, 9.17) is 4.74 Å². The summed E-state index contributed by atoms with van der Waals surface area (Å²) in [5.74, 6) is 0.351. The molecule has 0 aliphatic carbocycles. The van der Waals surface area contributed by atoms with Crippen LogP contribution in [0.15, 0.2) is 32.8 Å². The van der Waals surface area contributed by atoms with Gasteiger partial charge < -0.3 is 10.1 Å². The fourth-order valence-corrected chi connectivity index (χ4v) is 6.10. The number of ether oxygens (including phenoxy) is 1. The monoisotopic (exact) mass is 441 g/mol. The van der Waals surface area contributed by atoms with Crippen LogP contribution in [0.4, 0.5) is 5.69 Å². The molecule has 1 aliphatic rings. The van der Waals surface area contributed by atoms with Crippen molar-refractivity contribution >= 4 is 44.7 Å². The molecule has 0 radical (unpaired) electrons. The highest BCUT2D eigenvalue weighted by molar-refractivity contribution is 8.01. The number of amides is 1. The van der Waals surface area contributed by atoms with E-state index in [1.807, 2.05) is 12.3 Å². The van der Waals surface area contributed by atoms with Gasteiger partial charge in [-0.2, -0.15) is 4.31 Å². The van der Waals surface area contributed by atoms with Crippen LogP contribution in [0, 0.1) is 6.92 Å². The molecule has 2 heterocycles. The van der Waals surface area contributed by atoms with Crippen LogP contribution in [0.25, 0.3) is 0 Å². The summed E-state index contributed by atoms with van der Waals surface area (Å²) >= 11 is 2.83. The van der Waals surface area contributed by atoms with E-state index < -0.39 is 10.0 Å². The van der Waals surface area contributed by atoms with E-state index in [0.717, 1.165) is 29.3 Å². The first-order valence-electron chi connectivity index (χ1n) is 8.93. The lowest BCUT2D eigenvalue weighted by atomic mass is 10.2. The van der Waals surface area contributed by atoms with E-state index in [1.165, 1.54) is 46.6 Å². The molecule has 0 atom stereocenters. The highest BCUT2D eigenvalue weighted by atomic mass is 32.2. The first-order chi connectivity index (χ1) is 13.4. The van der Waals surface area contributed by atoms with Crippen LogP contribution < -0.4 is 10.1 Å². The van der Waals surface area contributed by atoms with Crippen LogP contribution in [-0.2, 0) is 14.8 Å². The van der Waals surface area contributed by atoms with Gasteiger partial charge in [-0.05, 0) is 38.0 Å². The summed E-state index contributed by atoms with van der Waals surface area (Å²) in [5.41, 5.74) is 1.27. The Morgan fingerprint density at radius 2 is 2.07 bits per heavy atom. The minimum atomic E-state index is -3.58. The van der Waals surface area contributed by atoms with Gasteiger partial charge in [0.05, 0.1) is 23.4 Å². The molecule has 0 bridgehead atoms. The summed E-state index contributed by atoms with van der Waals surface area (Å²) < 4.78 is 33.4. The minimum Gasteiger partial charge on any atom is -0.495 e. The SMILES string of the molecule is COc1ccc(S(=O)(=O)N2CCCCC2)cc1NC(=O)CSc1nc(C)cs1. The van der Waals surface area contributed by atoms with E-state index in [9.17, 15) is 13.2 Å². The first kappa shape index (κ1) is 21.1. The number of hydrogen-bond acceptors (Lipinski definition) is 7. The lowest BCUT2D eigenvalue weighted by Crippen LogP contribution is -2.35. The van der Waals surface area contributed by atoms with Gasteiger partial charge >= 0.3 is 0 Å². The van der Waals surface area contributed by atoms with Crippen molar-refractivity contribution in [2.24, 2.45) is 0 Å². The van der Waals surface area contributed by atoms with Crippen LogP contribution in [0.1, 0.15) is 25.0 Å². The van der Waals surface area contributed by atoms with Crippen molar-refractivity contribution in [1.82, 2.24) is 9.29 Å². The van der Waals surface area contributed by atoms with Crippen LogP contribution in [0.2, 0.25) is 0 Å². The molecule has 10 heteroatoms. The number of carbonyl (C=O) groups excluding carboxylic acids is 1. The Balaban J connectivity index is 1.74. The Morgan fingerprint density at radius 3 is 2.71 bits per heavy atom. The van der Waals surface area contributed by atoms with E-state index in [0.29, 0.717) is 24.5 Å². The second kappa shape index (κ2) is 9.25. The van der Waals surface area contributed by atoms with Crippen molar-refractivity contribution in [3.8, 4) is 5.75 Å². The topological polar surface area (TPSA) is 88.6 Å². The number of aryl methyl sites for hydroxylation is 1. The molecule has 7 nitrogen and oxygen atoms in total. The fraction of sp³-hybridized carbons (Fsp3) is 0.444. The number of sulfonamides is 1. The number of nitrogens with zero attached hydrogens (tertiary/aromatic N) is 2. The van der Waals surface area contributed by atoms with Gasteiger partial charge in [0, 0.05) is 24.2 Å². The largest absolute Gasteiger partial charge is 0.495 e. The Bertz CT molecular complexity index is 937. The summed E-state index contributed by atoms with van der Waals surface area (Å²) in [6, 6.07) is 4.56. The van der Waals surface area contributed by atoms with Gasteiger partial charge in [0.1, 0.15) is 5.75 Å². The molecule has 1 N–H and O–H groups in total. The number of thiazole rings is 1. The average molecular weight is 442 g/mol. The van der Waals surface area contributed by atoms with Crippen molar-refractivity contribution in [2.75, 3.05) is 31.3 Å². The van der Waals surface area contributed by atoms with Crippen molar-refractivity contribution in [1.29, 1.82) is 0 Å². The maximum absolute atomic E-state index is 12.9. The summed E-state index contributed by atoms with van der Waals surface area (Å²) in [6.45, 7) is 2.96. The van der Waals surface area contributed by atoms with Crippen LogP contribution in [-0.4, -0.2) is 49.6 Å². The number of hydrogen-bond donors (Lipinski definition) is 1. The van der Waals surface area contributed by atoms with Gasteiger partial charge in [-0.25, -0.2) is 13.4 Å². The van der Waals surface area contributed by atoms with E-state index in [2.05, 4.69) is 10.3 Å². The van der Waals surface area contributed by atoms with Crippen LogP contribution >= 0.6 is 23.1 Å². The number of aromatic nitrogens is 1. The molecule has 3 rings (SSSR count). The molecule has 0 saturated carbocycles. The second-order valence-corrected chi connectivity index (χ2v) is 10.4. The smallest absolute Gasteiger partial charge is 0.243 e. The summed E-state index contributed by atoms with van der Waals surface area (Å²) in [5, 5.41) is 4.69. The van der Waals surface area contributed by atoms with Gasteiger partial charge in [-0.1, -0.05) is 18.2 Å². The zero-order valence-electron chi connectivity index (χ0n) is 15.8. The van der Waals surface area contributed by atoms with Crippen LogP contribution in [0.3, 0.4) is 0 Å². The Hall–Kier alpha value is -1.62. The number of nitrogens with one attached hydrogen (secondary N) is 1. The number of thioether (sulfide) groups is 1. The third kappa shape index (κ3) is 5.05. The lowest BCUT2D eigenvalue weighted by Gasteiger charge is -2.26. The number of piperidine rings is 1. The molecule has 1 amide bonds. The number of anilines is 1. The molecular formula is C18H23N3O4S3. The number of benzene rings is 1. The van der Waals surface area contributed by atoms with Gasteiger partial charge in [0.25, 0.3) is 0 Å². The van der Waals surface area contributed by atoms with Gasteiger partial charge in [-0.15, -0.1) is 11.3 Å². The van der Waals surface area contributed by atoms with Gasteiger partial charge in [0.2, 0.25) is 15.9 Å². The number of rotatable bonds is 7. The summed E-state index contributed by atoms with van der Waals surface area (Å²) in [4.78, 5) is 16.8. The maximum atomic E-state index is 12.9. The standard InChI is InChI=1S/C18H23N3O4S3/c1-13-11-26-18(19-13)27-12-17(22)20-15-10-14(6-7-16(15)25-2)28(23,24)21-8-4-3-5-9-21/h6-7,10-11H,3-5,8-9,12H2,1-2H3,(H,20,22). The normalized spacial score (nSPS) is 15.4. The molecular weight excluding hydrogens is 418 g/mol. The quantitative estimate of drug-likeness (QED) is 0.663. The lowest BCUT2D eigenvalue weighted by molar-refractivity contribution is -0.113. The number of carbonyl (C=O) groups is 1. The summed E-state index contributed by atoms with van der Waals surface area (Å²) in [6.07, 6.45) is 2.78. The molecule has 1 aliphatic heterocycles. The predicted molar refractivity (Wildman–Crippen MR) is 112 cm³/mol. The van der Waals surface area contributed by atoms with E-state index in [-0.39, 0.29) is 16.6 Å². The molecule has 0 unspecified atom stereocenters. The molecule has 1 aromatic heterocycles. The van der Waals surface area contributed by atoms with Crippen molar-refractivity contribution in [2.45, 2.75) is 35.4 Å². The Kier molecular flexibility index (Phi) is 6.97. The highest BCUT2D eigenvalue weighted by Crippen LogP contribution is 2.30. The Labute approximate surface area is 173 Å². The number of methoxy groups -OCH3 is 1. The highest BCUT2D eigenvalue weighted by Gasteiger charge is 2.27. The van der Waals surface area contributed by atoms with Crippen LogP contribution in [0.5, 0.6) is 5.75 Å². The molecule has 152 valence electrons. The second-order valence-electron chi connectivity index (χ2n) is 6.42. The predicted octanol–water partition coefficient (Wildman–Crippen LogP) is 3.37. The minimum absolute atomic E-state index is 0.161. The first-order valence-corrected chi connectivity index (χ1v) is 12.2. The van der Waals surface area contributed by atoms with Crippen molar-refractivity contribution < 1.29 is 17.9 Å². The third-order valence-electron chi connectivity index (χ3n) is 4.32. The van der Waals surface area contributed by atoms with Gasteiger partial charge in [-0.3, -0.25) is 4.79 Å². The Morgan fingerprint density at radius 1 is 1.32 bits per heavy atom. The zero-order chi connectivity index (χ0) is 20.1. The zero-order valence-corrected chi connectivity index (χ0v) is 18.3. The van der Waals surface area contributed by atoms with Crippen molar-refractivity contribution in [3.63, 3.8) is 0 Å². The molecule has 28 heavy (non-hydrogen) atoms. The molecule has 0 spiro atoms. The molecule has 1 aromatic carbocycles. The van der Waals surface area contributed by atoms with E-state index >= 15 is 0 Å². The van der Waals surface area contributed by atoms with Gasteiger partial charge in [0.15, 0.2) is 4.34 Å². The van der Waals surface area contributed by atoms with Crippen molar-refractivity contribution in [3.05, 3.63) is 29.3 Å². The molecule has 1 saturated heterocycles.